The molecule has 0 bridgehead atoms. The van der Waals surface area contributed by atoms with Crippen molar-refractivity contribution in [2.45, 2.75) is 52.0 Å². The van der Waals surface area contributed by atoms with Crippen LogP contribution in [0.1, 0.15) is 54.8 Å². The molecular weight excluding hydrogens is 256 g/mol. The van der Waals surface area contributed by atoms with Gasteiger partial charge in [0.2, 0.25) is 0 Å². The minimum atomic E-state index is 0.467. The molecule has 1 fully saturated rings. The van der Waals surface area contributed by atoms with Gasteiger partial charge in [0.05, 0.1) is 0 Å². The van der Waals surface area contributed by atoms with E-state index in [9.17, 15) is 0 Å². The van der Waals surface area contributed by atoms with Crippen LogP contribution in [0.3, 0.4) is 0 Å². The Hall–Kier alpha value is -0.860. The van der Waals surface area contributed by atoms with Gasteiger partial charge in [-0.25, -0.2) is 0 Å². The quantitative estimate of drug-likeness (QED) is 0.813. The summed E-state index contributed by atoms with van der Waals surface area (Å²) >= 11 is 0. The molecule has 1 saturated carbocycles. The molecule has 1 aromatic rings. The van der Waals surface area contributed by atoms with Gasteiger partial charge in [0.25, 0.3) is 0 Å². The lowest BCUT2D eigenvalue weighted by molar-refractivity contribution is 0.264. The highest BCUT2D eigenvalue weighted by Gasteiger charge is 2.17. The lowest BCUT2D eigenvalue weighted by Gasteiger charge is -2.24. The maximum Gasteiger partial charge on any atom is 0.0329 e. The highest BCUT2D eigenvalue weighted by atomic mass is 15.1. The largest absolute Gasteiger partial charge is 0.313 e. The van der Waals surface area contributed by atoms with Gasteiger partial charge in [0.15, 0.2) is 0 Å². The predicted molar refractivity (Wildman–Crippen MR) is 91.8 cm³/mol. The molecule has 21 heavy (non-hydrogen) atoms. The van der Waals surface area contributed by atoms with Crippen LogP contribution in [0.15, 0.2) is 18.2 Å². The first-order valence-electron chi connectivity index (χ1n) is 8.52. The first kappa shape index (κ1) is 16.5. The summed E-state index contributed by atoms with van der Waals surface area (Å²) in [6, 6.07) is 7.37. The molecule has 1 aliphatic carbocycles. The van der Waals surface area contributed by atoms with E-state index in [-0.39, 0.29) is 0 Å². The lowest BCUT2D eigenvalue weighted by Crippen LogP contribution is -2.29. The Morgan fingerprint density at radius 1 is 1.14 bits per heavy atom. The Labute approximate surface area is 130 Å². The summed E-state index contributed by atoms with van der Waals surface area (Å²) in [6.45, 7) is 6.84. The average molecular weight is 288 g/mol. The first-order valence-corrected chi connectivity index (χ1v) is 8.52. The molecule has 2 nitrogen and oxygen atoms in total. The molecule has 0 aliphatic heterocycles. The van der Waals surface area contributed by atoms with Crippen molar-refractivity contribution < 1.29 is 0 Å². The fraction of sp³-hybridized carbons (Fsp3) is 0.684. The van der Waals surface area contributed by atoms with E-state index < -0.39 is 0 Å². The molecule has 2 heteroatoms. The summed E-state index contributed by atoms with van der Waals surface area (Å²) in [5, 5.41) is 3.50. The number of hydrogen-bond donors (Lipinski definition) is 1. The van der Waals surface area contributed by atoms with Gasteiger partial charge in [0, 0.05) is 12.6 Å². The van der Waals surface area contributed by atoms with E-state index in [1.165, 1.54) is 61.9 Å². The minimum absolute atomic E-state index is 0.467. The number of hydrogen-bond acceptors (Lipinski definition) is 2. The van der Waals surface area contributed by atoms with Crippen molar-refractivity contribution in [1.29, 1.82) is 0 Å². The van der Waals surface area contributed by atoms with Crippen LogP contribution in [0.25, 0.3) is 0 Å². The summed E-state index contributed by atoms with van der Waals surface area (Å²) in [4.78, 5) is 2.53. The fourth-order valence-corrected chi connectivity index (χ4v) is 3.76. The molecular formula is C19H32N2. The van der Waals surface area contributed by atoms with Crippen molar-refractivity contribution in [3.05, 3.63) is 34.9 Å². The number of rotatable bonds is 7. The van der Waals surface area contributed by atoms with Crippen LogP contribution in [0, 0.1) is 19.8 Å². The van der Waals surface area contributed by atoms with Crippen LogP contribution in [-0.4, -0.2) is 32.1 Å². The van der Waals surface area contributed by atoms with Crippen molar-refractivity contribution in [2.24, 2.45) is 5.92 Å². The Kier molecular flexibility index (Phi) is 6.25. The molecule has 1 unspecified atom stereocenters. The SMILES string of the molecule is CNC(CCN(C)CC1CCCC1)c1cc(C)cc(C)c1. The van der Waals surface area contributed by atoms with Gasteiger partial charge < -0.3 is 10.2 Å². The number of benzene rings is 1. The van der Waals surface area contributed by atoms with E-state index in [4.69, 9.17) is 0 Å². The third-order valence-electron chi connectivity index (χ3n) is 4.84. The molecule has 0 saturated heterocycles. The summed E-state index contributed by atoms with van der Waals surface area (Å²) in [5.74, 6) is 0.948. The van der Waals surface area contributed by atoms with Gasteiger partial charge in [-0.15, -0.1) is 0 Å². The number of nitrogens with zero attached hydrogens (tertiary/aromatic N) is 1. The van der Waals surface area contributed by atoms with Gasteiger partial charge in [-0.2, -0.15) is 0 Å². The zero-order chi connectivity index (χ0) is 15.2. The van der Waals surface area contributed by atoms with Crippen LogP contribution >= 0.6 is 0 Å². The van der Waals surface area contributed by atoms with E-state index in [2.05, 4.69) is 56.4 Å². The smallest absolute Gasteiger partial charge is 0.0329 e. The Morgan fingerprint density at radius 2 is 1.76 bits per heavy atom. The normalized spacial score (nSPS) is 17.6. The van der Waals surface area contributed by atoms with E-state index in [1.54, 1.807) is 0 Å². The second-order valence-electron chi connectivity index (χ2n) is 6.96. The minimum Gasteiger partial charge on any atom is -0.313 e. The monoisotopic (exact) mass is 288 g/mol. The maximum atomic E-state index is 3.50. The zero-order valence-electron chi connectivity index (χ0n) is 14.3. The van der Waals surface area contributed by atoms with Crippen molar-refractivity contribution in [1.82, 2.24) is 10.2 Å². The van der Waals surface area contributed by atoms with Gasteiger partial charge in [-0.3, -0.25) is 0 Å². The molecule has 0 aromatic heterocycles. The topological polar surface area (TPSA) is 15.3 Å². The van der Waals surface area contributed by atoms with Crippen LogP contribution in [0.4, 0.5) is 0 Å². The zero-order valence-corrected chi connectivity index (χ0v) is 14.3. The lowest BCUT2D eigenvalue weighted by atomic mass is 9.99. The molecule has 118 valence electrons. The summed E-state index contributed by atoms with van der Waals surface area (Å²) < 4.78 is 0. The molecule has 0 heterocycles. The second-order valence-corrected chi connectivity index (χ2v) is 6.96. The van der Waals surface area contributed by atoms with E-state index in [0.29, 0.717) is 6.04 Å². The molecule has 0 spiro atoms. The Morgan fingerprint density at radius 3 is 2.33 bits per heavy atom. The van der Waals surface area contributed by atoms with Crippen LogP contribution in [0.2, 0.25) is 0 Å². The highest BCUT2D eigenvalue weighted by molar-refractivity contribution is 5.30. The molecule has 1 aromatic carbocycles. The highest BCUT2D eigenvalue weighted by Crippen LogP contribution is 2.26. The number of aryl methyl sites for hydroxylation is 2. The van der Waals surface area contributed by atoms with E-state index in [0.717, 1.165) is 5.92 Å². The molecule has 1 atom stereocenters. The third kappa shape index (κ3) is 5.12. The molecule has 0 radical (unpaired) electrons. The summed E-state index contributed by atoms with van der Waals surface area (Å²) in [6.07, 6.45) is 6.96. The van der Waals surface area contributed by atoms with Crippen molar-refractivity contribution in [3.8, 4) is 0 Å². The van der Waals surface area contributed by atoms with Crippen LogP contribution in [0.5, 0.6) is 0 Å². The van der Waals surface area contributed by atoms with Gasteiger partial charge >= 0.3 is 0 Å². The van der Waals surface area contributed by atoms with Gasteiger partial charge in [0.1, 0.15) is 0 Å². The fourth-order valence-electron chi connectivity index (χ4n) is 3.76. The summed E-state index contributed by atoms with van der Waals surface area (Å²) in [7, 11) is 4.37. The number of nitrogens with one attached hydrogen (secondary N) is 1. The Bertz CT molecular complexity index is 415. The average Bonchev–Trinajstić information content (AvgIpc) is 2.91. The van der Waals surface area contributed by atoms with Crippen molar-refractivity contribution in [3.63, 3.8) is 0 Å². The molecule has 2 rings (SSSR count). The predicted octanol–water partition coefficient (Wildman–Crippen LogP) is 4.08. The summed E-state index contributed by atoms with van der Waals surface area (Å²) in [5.41, 5.74) is 4.17. The van der Waals surface area contributed by atoms with Crippen molar-refractivity contribution >= 4 is 0 Å². The third-order valence-corrected chi connectivity index (χ3v) is 4.84. The van der Waals surface area contributed by atoms with E-state index in [1.807, 2.05) is 0 Å². The Balaban J connectivity index is 1.86. The molecule has 1 N–H and O–H groups in total. The molecule has 1 aliphatic rings. The van der Waals surface area contributed by atoms with E-state index >= 15 is 0 Å². The second kappa shape index (κ2) is 7.95. The maximum absolute atomic E-state index is 3.50. The van der Waals surface area contributed by atoms with Crippen molar-refractivity contribution in [2.75, 3.05) is 27.2 Å². The molecule has 0 amide bonds. The standard InChI is InChI=1S/C19H32N2/c1-15-11-16(2)13-18(12-15)19(20-3)9-10-21(4)14-17-7-5-6-8-17/h11-13,17,19-20H,5-10,14H2,1-4H3. The van der Waals surface area contributed by atoms with Crippen LogP contribution < -0.4 is 5.32 Å². The van der Waals surface area contributed by atoms with Gasteiger partial charge in [-0.05, 0) is 65.2 Å². The first-order chi connectivity index (χ1) is 10.1. The van der Waals surface area contributed by atoms with Gasteiger partial charge in [-0.1, -0.05) is 42.2 Å². The van der Waals surface area contributed by atoms with Crippen LogP contribution in [-0.2, 0) is 0 Å².